The summed E-state index contributed by atoms with van der Waals surface area (Å²) in [5, 5.41) is 1.03. The van der Waals surface area contributed by atoms with Crippen LogP contribution in [-0.4, -0.2) is 33.7 Å². The summed E-state index contributed by atoms with van der Waals surface area (Å²) in [6.07, 6.45) is 3.78. The molecule has 2 N–H and O–H groups in total. The number of nitrogens with zero attached hydrogens (tertiary/aromatic N) is 3. The van der Waals surface area contributed by atoms with E-state index < -0.39 is 18.5 Å². The van der Waals surface area contributed by atoms with E-state index in [2.05, 4.69) is 10.6 Å². The van der Waals surface area contributed by atoms with Gasteiger partial charge in [-0.3, -0.25) is 4.79 Å². The van der Waals surface area contributed by atoms with Gasteiger partial charge in [-0.05, 0) is 25.8 Å². The number of imidazole rings is 1. The fourth-order valence-corrected chi connectivity index (χ4v) is 4.60. The zero-order valence-electron chi connectivity index (χ0n) is 19.9. The quantitative estimate of drug-likeness (QED) is 0.384. The minimum absolute atomic E-state index is 0. The average Bonchev–Trinajstić information content (AvgIpc) is 3.28. The van der Waals surface area contributed by atoms with Crippen LogP contribution in [0, 0.1) is 12.8 Å². The maximum absolute atomic E-state index is 13.4. The fraction of sp³-hybridized carbons (Fsp3) is 0.458. The molecule has 3 aromatic rings. The second-order valence-electron chi connectivity index (χ2n) is 8.53. The van der Waals surface area contributed by atoms with Crippen LogP contribution in [-0.2, 0) is 29.5 Å². The Morgan fingerprint density at radius 1 is 1.26 bits per heavy atom. The molecule has 2 heterocycles. The van der Waals surface area contributed by atoms with Crippen molar-refractivity contribution >= 4 is 35.2 Å². The number of halogens is 2. The lowest BCUT2D eigenvalue weighted by molar-refractivity contribution is -0.706. The number of rotatable bonds is 6. The molecule has 4 rings (SSSR count). The number of benzene rings is 1. The van der Waals surface area contributed by atoms with Crippen LogP contribution >= 0.6 is 12.4 Å². The van der Waals surface area contributed by atoms with E-state index in [4.69, 9.17) is 15.2 Å². The first kappa shape index (κ1) is 27.7. The van der Waals surface area contributed by atoms with Gasteiger partial charge in [0.15, 0.2) is 5.78 Å². The Labute approximate surface area is 211 Å². The summed E-state index contributed by atoms with van der Waals surface area (Å²) in [4.78, 5) is 25.4. The number of aryl methyl sites for hydroxylation is 1. The van der Waals surface area contributed by atoms with Crippen molar-refractivity contribution in [1.82, 2.24) is 9.13 Å². The van der Waals surface area contributed by atoms with Crippen molar-refractivity contribution in [3.8, 4) is 0 Å². The molecule has 0 amide bonds. The molecule has 0 radical (unpaired) electrons. The Morgan fingerprint density at radius 3 is 2.68 bits per heavy atom. The van der Waals surface area contributed by atoms with Crippen LogP contribution in [0.1, 0.15) is 48.4 Å². The van der Waals surface area contributed by atoms with Crippen LogP contribution in [0.5, 0.6) is 0 Å². The average molecular weight is 511 g/mol. The Bertz CT molecular complexity index is 1170. The van der Waals surface area contributed by atoms with Gasteiger partial charge in [0.05, 0.1) is 5.92 Å². The van der Waals surface area contributed by atoms with Gasteiger partial charge in [0.1, 0.15) is 25.0 Å². The lowest BCUT2D eigenvalue weighted by Crippen LogP contribution is -3.00. The number of para-hydroxylation sites is 1. The summed E-state index contributed by atoms with van der Waals surface area (Å²) in [5.41, 5.74) is 8.57. The maximum Gasteiger partial charge on any atom is 0.512 e. The molecule has 0 fully saturated rings. The first-order valence-electron chi connectivity index (χ1n) is 11.1. The van der Waals surface area contributed by atoms with E-state index in [1.165, 1.54) is 0 Å². The second-order valence-corrected chi connectivity index (χ2v) is 8.53. The highest BCUT2D eigenvalue weighted by molar-refractivity contribution is 6.11. The summed E-state index contributed by atoms with van der Waals surface area (Å²) in [7, 11) is 2.04. The molecular formula is C24H32Cl2N4O4. The summed E-state index contributed by atoms with van der Waals surface area (Å²) in [6, 6.07) is 8.09. The molecular weight excluding hydrogens is 479 g/mol. The van der Waals surface area contributed by atoms with Crippen molar-refractivity contribution in [1.29, 1.82) is 0 Å². The minimum atomic E-state index is -0.749. The number of Topliss-reactive ketones (excluding diaryl/α,β-unsaturated/α-hetero) is 1. The van der Waals surface area contributed by atoms with Crippen LogP contribution < -0.4 is 22.7 Å². The molecule has 1 aliphatic carbocycles. The minimum Gasteiger partial charge on any atom is -1.00 e. The zero-order valence-corrected chi connectivity index (χ0v) is 21.4. The number of carbonyl (C=O) groups excluding carboxylic acids is 2. The number of aromatic nitrogens is 3. The van der Waals surface area contributed by atoms with Crippen molar-refractivity contribution in [2.24, 2.45) is 18.7 Å². The number of ketones is 1. The largest absolute Gasteiger partial charge is 1.00 e. The van der Waals surface area contributed by atoms with Crippen LogP contribution in [0.15, 0.2) is 36.7 Å². The maximum atomic E-state index is 13.4. The van der Waals surface area contributed by atoms with Crippen LogP contribution in [0.2, 0.25) is 0 Å². The normalized spacial score (nSPS) is 16.7. The highest BCUT2D eigenvalue weighted by Gasteiger charge is 2.34. The highest BCUT2D eigenvalue weighted by atomic mass is 35.5. The molecule has 3 unspecified atom stereocenters. The standard InChI is InChI=1S/C24H31N4O4.2ClH/c1-15(13-25)31-24(30)32-17(3)28-12-11-27(16(28)2)14-18-9-10-21-22(23(18)29)19-7-5-6-8-20(19)26(21)4;;/h5-8,11-12,15,17-18H,9-10,13-14,25H2,1-4H3;2*1H/q+1;;/p-1. The molecule has 0 saturated carbocycles. The lowest BCUT2D eigenvalue weighted by atomic mass is 9.85. The van der Waals surface area contributed by atoms with Gasteiger partial charge in [-0.2, -0.15) is 4.57 Å². The van der Waals surface area contributed by atoms with E-state index in [1.807, 2.05) is 53.7 Å². The molecule has 0 spiro atoms. The Hall–Kier alpha value is -2.55. The van der Waals surface area contributed by atoms with E-state index in [-0.39, 0.29) is 43.1 Å². The van der Waals surface area contributed by atoms with Crippen molar-refractivity contribution in [2.45, 2.75) is 52.5 Å². The van der Waals surface area contributed by atoms with Crippen LogP contribution in [0.3, 0.4) is 0 Å². The Kier molecular flexibility index (Phi) is 9.16. The second kappa shape index (κ2) is 11.3. The smallest absolute Gasteiger partial charge is 0.512 e. The molecule has 186 valence electrons. The monoisotopic (exact) mass is 510 g/mol. The molecule has 1 aliphatic rings. The number of hydrogen-bond acceptors (Lipinski definition) is 5. The van der Waals surface area contributed by atoms with Gasteiger partial charge in [-0.25, -0.2) is 9.36 Å². The van der Waals surface area contributed by atoms with Crippen molar-refractivity contribution in [3.63, 3.8) is 0 Å². The predicted molar refractivity (Wildman–Crippen MR) is 126 cm³/mol. The molecule has 2 aromatic heterocycles. The third-order valence-electron chi connectivity index (χ3n) is 6.48. The SMILES string of the molecule is Cc1n(C(C)OC(=O)OC(C)CN)cc[n+]1CC1CCc2c(c3ccccc3n2C)C1=O.Cl.[Cl-]. The van der Waals surface area contributed by atoms with Gasteiger partial charge >= 0.3 is 6.16 Å². The van der Waals surface area contributed by atoms with Crippen molar-refractivity contribution < 1.29 is 36.0 Å². The predicted octanol–water partition coefficient (Wildman–Crippen LogP) is 0.466. The van der Waals surface area contributed by atoms with E-state index in [1.54, 1.807) is 13.8 Å². The molecule has 8 nitrogen and oxygen atoms in total. The third-order valence-corrected chi connectivity index (χ3v) is 6.48. The third kappa shape index (κ3) is 5.09. The summed E-state index contributed by atoms with van der Waals surface area (Å²) >= 11 is 0. The summed E-state index contributed by atoms with van der Waals surface area (Å²) in [6.45, 7) is 6.26. The van der Waals surface area contributed by atoms with Crippen LogP contribution in [0.25, 0.3) is 10.9 Å². The molecule has 3 atom stereocenters. The number of hydrogen-bond donors (Lipinski definition) is 1. The van der Waals surface area contributed by atoms with Crippen molar-refractivity contribution in [3.05, 3.63) is 53.7 Å². The Morgan fingerprint density at radius 2 is 1.97 bits per heavy atom. The van der Waals surface area contributed by atoms with Gasteiger partial charge in [0.25, 0.3) is 5.82 Å². The molecule has 34 heavy (non-hydrogen) atoms. The number of fused-ring (bicyclic) bond motifs is 3. The number of carbonyl (C=O) groups is 2. The first-order valence-corrected chi connectivity index (χ1v) is 11.1. The molecule has 10 heteroatoms. The zero-order chi connectivity index (χ0) is 23.0. The molecule has 1 aromatic carbocycles. The van der Waals surface area contributed by atoms with Crippen LogP contribution in [0.4, 0.5) is 4.79 Å². The Balaban J connectivity index is 0.00000204. The van der Waals surface area contributed by atoms with Crippen molar-refractivity contribution in [2.75, 3.05) is 6.54 Å². The highest BCUT2D eigenvalue weighted by Crippen LogP contribution is 2.33. The summed E-state index contributed by atoms with van der Waals surface area (Å²) in [5.74, 6) is 1.000. The van der Waals surface area contributed by atoms with E-state index in [0.717, 1.165) is 40.8 Å². The first-order chi connectivity index (χ1) is 15.3. The van der Waals surface area contributed by atoms with Gasteiger partial charge in [-0.1, -0.05) is 18.2 Å². The molecule has 0 bridgehead atoms. The summed E-state index contributed by atoms with van der Waals surface area (Å²) < 4.78 is 16.5. The molecule has 0 aliphatic heterocycles. The van der Waals surface area contributed by atoms with Gasteiger partial charge in [-0.15, -0.1) is 12.4 Å². The number of nitrogens with two attached hydrogens (primary N) is 1. The number of ether oxygens (including phenoxy) is 2. The van der Waals surface area contributed by atoms with E-state index in [9.17, 15) is 9.59 Å². The van der Waals surface area contributed by atoms with E-state index in [0.29, 0.717) is 6.54 Å². The fourth-order valence-electron chi connectivity index (χ4n) is 4.60. The van der Waals surface area contributed by atoms with Gasteiger partial charge < -0.3 is 32.2 Å². The van der Waals surface area contributed by atoms with Gasteiger partial charge in [0.2, 0.25) is 6.23 Å². The van der Waals surface area contributed by atoms with E-state index >= 15 is 0 Å². The van der Waals surface area contributed by atoms with Gasteiger partial charge in [0, 0.05) is 49.6 Å². The molecule has 0 saturated heterocycles. The topological polar surface area (TPSA) is 92.4 Å². The lowest BCUT2D eigenvalue weighted by Gasteiger charge is -2.21.